The Balaban J connectivity index is 1.91. The molecule has 0 bridgehead atoms. The number of fused-ring (bicyclic) bond motifs is 1. The molecule has 2 aromatic carbocycles. The van der Waals surface area contributed by atoms with E-state index in [9.17, 15) is 4.79 Å². The lowest BCUT2D eigenvalue weighted by molar-refractivity contribution is 0.0949. The third-order valence-corrected chi connectivity index (χ3v) is 5.15. The fraction of sp³-hybridized carbons (Fsp3) is 0.111. The zero-order valence-electron chi connectivity index (χ0n) is 13.8. The molecule has 0 spiro atoms. The molecule has 4 aromatic rings. The summed E-state index contributed by atoms with van der Waals surface area (Å²) in [6.07, 6.45) is 0. The number of hydrogen-bond donors (Lipinski definition) is 0. The average molecular weight is 479 g/mol. The van der Waals surface area contributed by atoms with Gasteiger partial charge in [-0.1, -0.05) is 28.9 Å². The van der Waals surface area contributed by atoms with Gasteiger partial charge in [-0.25, -0.2) is 0 Å². The van der Waals surface area contributed by atoms with Crippen LogP contribution in [0.4, 0.5) is 0 Å². The lowest BCUT2D eigenvalue weighted by Gasteiger charge is -2.08. The molecule has 0 aliphatic rings. The summed E-state index contributed by atoms with van der Waals surface area (Å²) in [6, 6.07) is 10.9. The maximum atomic E-state index is 13.1. The first-order valence-corrected chi connectivity index (χ1v) is 9.20. The second-order valence-electron chi connectivity index (χ2n) is 5.82. The van der Waals surface area contributed by atoms with Crippen LogP contribution in [-0.4, -0.2) is 25.8 Å². The highest BCUT2D eigenvalue weighted by Crippen LogP contribution is 2.28. The number of hydrogen-bond acceptors (Lipinski definition) is 5. The zero-order valence-corrected chi connectivity index (χ0v) is 16.7. The van der Waals surface area contributed by atoms with E-state index in [-0.39, 0.29) is 5.91 Å². The Bertz CT molecular complexity index is 1150. The molecule has 0 N–H and O–H groups in total. The van der Waals surface area contributed by atoms with Crippen molar-refractivity contribution in [2.24, 2.45) is 0 Å². The van der Waals surface area contributed by atoms with Crippen molar-refractivity contribution >= 4 is 51.0 Å². The van der Waals surface area contributed by atoms with Crippen LogP contribution in [0.25, 0.3) is 22.4 Å². The van der Waals surface area contributed by atoms with Gasteiger partial charge in [-0.3, -0.25) is 4.79 Å². The number of aryl methyl sites for hydroxylation is 2. The largest absolute Gasteiger partial charge is 0.334 e. The highest BCUT2D eigenvalue weighted by Gasteiger charge is 2.21. The van der Waals surface area contributed by atoms with Crippen molar-refractivity contribution in [3.8, 4) is 11.5 Å². The molecule has 0 fully saturated rings. The van der Waals surface area contributed by atoms with Crippen LogP contribution in [0, 0.1) is 17.5 Å². The molecule has 0 aliphatic carbocycles. The Morgan fingerprint density at radius 3 is 2.73 bits per heavy atom. The Labute approximate surface area is 167 Å². The first-order valence-electron chi connectivity index (χ1n) is 7.74. The van der Waals surface area contributed by atoms with Crippen molar-refractivity contribution in [3.05, 3.63) is 62.1 Å². The van der Waals surface area contributed by atoms with Crippen molar-refractivity contribution < 1.29 is 9.32 Å². The average Bonchev–Trinajstić information content (AvgIpc) is 3.18. The fourth-order valence-electron chi connectivity index (χ4n) is 2.79. The quantitative estimate of drug-likeness (QED) is 0.392. The van der Waals surface area contributed by atoms with E-state index in [1.54, 1.807) is 13.0 Å². The van der Waals surface area contributed by atoms with Crippen LogP contribution in [0.3, 0.4) is 0 Å². The molecule has 0 unspecified atom stereocenters. The van der Waals surface area contributed by atoms with E-state index in [0.717, 1.165) is 20.2 Å². The third-order valence-electron chi connectivity index (χ3n) is 4.04. The predicted molar refractivity (Wildman–Crippen MR) is 106 cm³/mol. The summed E-state index contributed by atoms with van der Waals surface area (Å²) < 4.78 is 7.33. The van der Waals surface area contributed by atoms with Crippen LogP contribution < -0.4 is 0 Å². The summed E-state index contributed by atoms with van der Waals surface area (Å²) in [5.41, 5.74) is 2.62. The van der Waals surface area contributed by atoms with Gasteiger partial charge in [0.2, 0.25) is 0 Å². The number of carbonyl (C=O) groups is 1. The normalized spacial score (nSPS) is 11.2. The van der Waals surface area contributed by atoms with Gasteiger partial charge in [0.1, 0.15) is 3.70 Å². The highest BCUT2D eigenvalue weighted by atomic mass is 127. The maximum Gasteiger partial charge on any atom is 0.280 e. The molecule has 0 amide bonds. The predicted octanol–water partition coefficient (Wildman–Crippen LogP) is 4.65. The van der Waals surface area contributed by atoms with Crippen LogP contribution in [0.2, 0.25) is 5.02 Å². The highest BCUT2D eigenvalue weighted by molar-refractivity contribution is 14.1. The van der Waals surface area contributed by atoms with Gasteiger partial charge >= 0.3 is 0 Å². The molecular weight excluding hydrogens is 467 g/mol. The summed E-state index contributed by atoms with van der Waals surface area (Å²) in [4.78, 5) is 17.4. The minimum atomic E-state index is -0.278. The Kier molecular flexibility index (Phi) is 4.28. The minimum Gasteiger partial charge on any atom is -0.334 e. The molecule has 0 aliphatic heterocycles. The van der Waals surface area contributed by atoms with E-state index in [2.05, 4.69) is 37.8 Å². The van der Waals surface area contributed by atoms with Crippen molar-refractivity contribution in [2.75, 3.05) is 0 Å². The van der Waals surface area contributed by atoms with Gasteiger partial charge in [-0.05, 0) is 66.3 Å². The number of nitrogens with zero attached hydrogens (tertiary/aromatic N) is 4. The van der Waals surface area contributed by atoms with E-state index in [4.69, 9.17) is 16.1 Å². The molecular formula is C18H12ClIN4O2. The van der Waals surface area contributed by atoms with Gasteiger partial charge in [0.05, 0.1) is 16.1 Å². The molecule has 130 valence electrons. The Morgan fingerprint density at radius 2 is 2.04 bits per heavy atom. The van der Waals surface area contributed by atoms with E-state index < -0.39 is 0 Å². The molecule has 2 heterocycles. The van der Waals surface area contributed by atoms with E-state index in [1.165, 1.54) is 4.68 Å². The van der Waals surface area contributed by atoms with Crippen molar-refractivity contribution in [1.29, 1.82) is 0 Å². The van der Waals surface area contributed by atoms with E-state index in [0.29, 0.717) is 27.8 Å². The topological polar surface area (TPSA) is 73.8 Å². The molecule has 0 atom stereocenters. The molecule has 0 saturated heterocycles. The first kappa shape index (κ1) is 17.2. The molecule has 6 nitrogen and oxygen atoms in total. The number of aromatic nitrogens is 4. The second kappa shape index (κ2) is 6.48. The van der Waals surface area contributed by atoms with Crippen LogP contribution in [0.5, 0.6) is 0 Å². The van der Waals surface area contributed by atoms with Crippen LogP contribution in [-0.2, 0) is 0 Å². The maximum absolute atomic E-state index is 13.1. The summed E-state index contributed by atoms with van der Waals surface area (Å²) in [7, 11) is 0. The SMILES string of the molecule is Cc1noc(-c2ccc3c(I)nn(C(=O)c4c(C)cccc4Cl)c3c2)n1. The Hall–Kier alpha value is -2.26. The second-order valence-corrected chi connectivity index (χ2v) is 7.25. The first-order chi connectivity index (χ1) is 12.5. The molecule has 4 rings (SSSR count). The van der Waals surface area contributed by atoms with Crippen LogP contribution in [0.15, 0.2) is 40.9 Å². The van der Waals surface area contributed by atoms with Crippen molar-refractivity contribution in [1.82, 2.24) is 19.9 Å². The summed E-state index contributed by atoms with van der Waals surface area (Å²) >= 11 is 8.38. The van der Waals surface area contributed by atoms with Gasteiger partial charge in [-0.2, -0.15) is 14.8 Å². The summed E-state index contributed by atoms with van der Waals surface area (Å²) in [5, 5.41) is 9.49. The van der Waals surface area contributed by atoms with Crippen molar-refractivity contribution in [2.45, 2.75) is 13.8 Å². The van der Waals surface area contributed by atoms with Gasteiger partial charge in [0.15, 0.2) is 5.82 Å². The zero-order chi connectivity index (χ0) is 18.4. The van der Waals surface area contributed by atoms with Gasteiger partial charge in [0.25, 0.3) is 11.8 Å². The van der Waals surface area contributed by atoms with Crippen molar-refractivity contribution in [3.63, 3.8) is 0 Å². The number of halogens is 2. The summed E-state index contributed by atoms with van der Waals surface area (Å²) in [6.45, 7) is 3.60. The number of benzene rings is 2. The molecule has 0 radical (unpaired) electrons. The molecule has 0 saturated carbocycles. The third kappa shape index (κ3) is 2.80. The Morgan fingerprint density at radius 1 is 1.23 bits per heavy atom. The lowest BCUT2D eigenvalue weighted by atomic mass is 10.1. The standard InChI is InChI=1S/C18H12ClIN4O2/c1-9-4-3-5-13(19)15(9)18(25)24-14-8-11(17-21-10(2)23-26-17)6-7-12(14)16(20)22-24/h3-8H,1-2H3. The fourth-order valence-corrected chi connectivity index (χ4v) is 3.76. The smallest absolute Gasteiger partial charge is 0.280 e. The molecule has 2 aromatic heterocycles. The van der Waals surface area contributed by atoms with E-state index in [1.807, 2.05) is 37.3 Å². The van der Waals surface area contributed by atoms with E-state index >= 15 is 0 Å². The monoisotopic (exact) mass is 478 g/mol. The van der Waals surface area contributed by atoms with Gasteiger partial charge < -0.3 is 4.52 Å². The number of carbonyl (C=O) groups excluding carboxylic acids is 1. The van der Waals surface area contributed by atoms with Crippen LogP contribution >= 0.6 is 34.2 Å². The number of rotatable bonds is 2. The minimum absolute atomic E-state index is 0.278. The van der Waals surface area contributed by atoms with Gasteiger partial charge in [-0.15, -0.1) is 0 Å². The molecule has 8 heteroatoms. The van der Waals surface area contributed by atoms with Gasteiger partial charge in [0, 0.05) is 10.9 Å². The lowest BCUT2D eigenvalue weighted by Crippen LogP contribution is -2.15. The summed E-state index contributed by atoms with van der Waals surface area (Å²) in [5.74, 6) is 0.666. The molecule has 26 heavy (non-hydrogen) atoms. The van der Waals surface area contributed by atoms with Crippen LogP contribution in [0.1, 0.15) is 21.7 Å².